The van der Waals surface area contributed by atoms with Crippen LogP contribution in [0, 0.1) is 6.92 Å². The zero-order chi connectivity index (χ0) is 14.8. The molecular formula is C17H20N2O. The molecule has 1 aromatic carbocycles. The lowest BCUT2D eigenvalue weighted by Crippen LogP contribution is -2.18. The van der Waals surface area contributed by atoms with E-state index in [0.29, 0.717) is 5.56 Å². The summed E-state index contributed by atoms with van der Waals surface area (Å²) in [7, 11) is 0. The SMILES string of the molecule is Cc1cc(C(=O)Nc2ccccc2C(C)(C)C)ccn1. The largest absolute Gasteiger partial charge is 0.322 e. The average molecular weight is 268 g/mol. The van der Waals surface area contributed by atoms with Crippen LogP contribution in [0.5, 0.6) is 0 Å². The summed E-state index contributed by atoms with van der Waals surface area (Å²) in [5, 5.41) is 2.99. The zero-order valence-corrected chi connectivity index (χ0v) is 12.4. The van der Waals surface area contributed by atoms with Gasteiger partial charge >= 0.3 is 0 Å². The van der Waals surface area contributed by atoms with Crippen molar-refractivity contribution in [3.8, 4) is 0 Å². The fourth-order valence-electron chi connectivity index (χ4n) is 2.13. The molecule has 104 valence electrons. The third-order valence-corrected chi connectivity index (χ3v) is 3.14. The van der Waals surface area contributed by atoms with E-state index in [-0.39, 0.29) is 11.3 Å². The molecule has 0 bridgehead atoms. The predicted molar refractivity (Wildman–Crippen MR) is 82.1 cm³/mol. The summed E-state index contributed by atoms with van der Waals surface area (Å²) in [5.74, 6) is -0.104. The number of aryl methyl sites for hydroxylation is 1. The Morgan fingerprint density at radius 1 is 1.15 bits per heavy atom. The molecule has 0 unspecified atom stereocenters. The van der Waals surface area contributed by atoms with Crippen LogP contribution >= 0.6 is 0 Å². The molecule has 1 aromatic heterocycles. The summed E-state index contributed by atoms with van der Waals surface area (Å²) in [4.78, 5) is 16.4. The lowest BCUT2D eigenvalue weighted by molar-refractivity contribution is 0.102. The summed E-state index contributed by atoms with van der Waals surface area (Å²) in [6.45, 7) is 8.28. The summed E-state index contributed by atoms with van der Waals surface area (Å²) < 4.78 is 0. The van der Waals surface area contributed by atoms with Gasteiger partial charge in [-0.25, -0.2) is 0 Å². The standard InChI is InChI=1S/C17H20N2O/c1-12-11-13(9-10-18-12)16(20)19-15-8-6-5-7-14(15)17(2,3)4/h5-11H,1-4H3,(H,19,20). The first-order valence-electron chi connectivity index (χ1n) is 6.71. The lowest BCUT2D eigenvalue weighted by atomic mass is 9.86. The maximum atomic E-state index is 12.3. The molecule has 1 amide bonds. The molecule has 0 saturated heterocycles. The molecule has 0 saturated carbocycles. The van der Waals surface area contributed by atoms with E-state index in [1.165, 1.54) is 0 Å². The van der Waals surface area contributed by atoms with Gasteiger partial charge in [0.25, 0.3) is 5.91 Å². The molecule has 1 N–H and O–H groups in total. The number of benzene rings is 1. The number of amides is 1. The Kier molecular flexibility index (Phi) is 3.89. The number of carbonyl (C=O) groups excluding carboxylic acids is 1. The number of pyridine rings is 1. The van der Waals surface area contributed by atoms with Gasteiger partial charge in [0.15, 0.2) is 0 Å². The van der Waals surface area contributed by atoms with Crippen molar-refractivity contribution in [3.05, 3.63) is 59.4 Å². The number of anilines is 1. The van der Waals surface area contributed by atoms with Crippen molar-refractivity contribution in [2.45, 2.75) is 33.1 Å². The monoisotopic (exact) mass is 268 g/mol. The Hall–Kier alpha value is -2.16. The average Bonchev–Trinajstić information content (AvgIpc) is 2.38. The molecular weight excluding hydrogens is 248 g/mol. The molecule has 20 heavy (non-hydrogen) atoms. The van der Waals surface area contributed by atoms with Crippen LogP contribution in [0.4, 0.5) is 5.69 Å². The first-order chi connectivity index (χ1) is 9.38. The van der Waals surface area contributed by atoms with Crippen molar-refractivity contribution in [2.24, 2.45) is 0 Å². The highest BCUT2D eigenvalue weighted by atomic mass is 16.1. The van der Waals surface area contributed by atoms with Gasteiger partial charge < -0.3 is 5.32 Å². The Bertz CT molecular complexity index is 627. The fraction of sp³-hybridized carbons (Fsp3) is 0.294. The molecule has 3 nitrogen and oxygen atoms in total. The van der Waals surface area contributed by atoms with Gasteiger partial charge in [0.1, 0.15) is 0 Å². The second-order valence-corrected chi connectivity index (χ2v) is 5.94. The molecule has 1 heterocycles. The van der Waals surface area contributed by atoms with E-state index in [0.717, 1.165) is 16.9 Å². The summed E-state index contributed by atoms with van der Waals surface area (Å²) in [5.41, 5.74) is 3.43. The van der Waals surface area contributed by atoms with Crippen LogP contribution < -0.4 is 5.32 Å². The Morgan fingerprint density at radius 2 is 1.85 bits per heavy atom. The molecule has 0 fully saturated rings. The molecule has 2 aromatic rings. The van der Waals surface area contributed by atoms with Crippen LogP contribution in [0.15, 0.2) is 42.6 Å². The zero-order valence-electron chi connectivity index (χ0n) is 12.4. The van der Waals surface area contributed by atoms with Gasteiger partial charge in [-0.3, -0.25) is 9.78 Å². The van der Waals surface area contributed by atoms with Crippen LogP contribution in [-0.2, 0) is 5.41 Å². The number of nitrogens with zero attached hydrogens (tertiary/aromatic N) is 1. The van der Waals surface area contributed by atoms with Crippen molar-refractivity contribution in [1.82, 2.24) is 4.98 Å². The van der Waals surface area contributed by atoms with E-state index in [9.17, 15) is 4.79 Å². The topological polar surface area (TPSA) is 42.0 Å². The van der Waals surface area contributed by atoms with E-state index < -0.39 is 0 Å². The van der Waals surface area contributed by atoms with E-state index in [4.69, 9.17) is 0 Å². The molecule has 0 atom stereocenters. The van der Waals surface area contributed by atoms with Crippen LogP contribution in [0.2, 0.25) is 0 Å². The first kappa shape index (κ1) is 14.3. The number of nitrogens with one attached hydrogen (secondary N) is 1. The Morgan fingerprint density at radius 3 is 2.50 bits per heavy atom. The highest BCUT2D eigenvalue weighted by molar-refractivity contribution is 6.04. The number of hydrogen-bond acceptors (Lipinski definition) is 2. The van der Waals surface area contributed by atoms with Crippen molar-refractivity contribution in [3.63, 3.8) is 0 Å². The fourth-order valence-corrected chi connectivity index (χ4v) is 2.13. The van der Waals surface area contributed by atoms with Gasteiger partial charge in [-0.15, -0.1) is 0 Å². The third-order valence-electron chi connectivity index (χ3n) is 3.14. The summed E-state index contributed by atoms with van der Waals surface area (Å²) in [6, 6.07) is 11.4. The number of aromatic nitrogens is 1. The minimum atomic E-state index is -0.104. The maximum absolute atomic E-state index is 12.3. The third kappa shape index (κ3) is 3.23. The maximum Gasteiger partial charge on any atom is 0.255 e. The Labute approximate surface area is 120 Å². The molecule has 0 aliphatic rings. The van der Waals surface area contributed by atoms with Crippen LogP contribution in [0.3, 0.4) is 0 Å². The molecule has 3 heteroatoms. The number of para-hydroxylation sites is 1. The summed E-state index contributed by atoms with van der Waals surface area (Å²) in [6.07, 6.45) is 1.65. The second kappa shape index (κ2) is 5.45. The minimum absolute atomic E-state index is 0.0158. The van der Waals surface area contributed by atoms with Gasteiger partial charge in [-0.05, 0) is 36.1 Å². The van der Waals surface area contributed by atoms with E-state index in [1.54, 1.807) is 18.3 Å². The normalized spacial score (nSPS) is 11.2. The Balaban J connectivity index is 2.29. The number of hydrogen-bond donors (Lipinski definition) is 1. The van der Waals surface area contributed by atoms with E-state index in [1.807, 2.05) is 31.2 Å². The highest BCUT2D eigenvalue weighted by Crippen LogP contribution is 2.29. The highest BCUT2D eigenvalue weighted by Gasteiger charge is 2.18. The molecule has 0 spiro atoms. The van der Waals surface area contributed by atoms with Crippen molar-refractivity contribution in [1.29, 1.82) is 0 Å². The van der Waals surface area contributed by atoms with E-state index >= 15 is 0 Å². The summed E-state index contributed by atoms with van der Waals surface area (Å²) >= 11 is 0. The van der Waals surface area contributed by atoms with Crippen molar-refractivity contribution < 1.29 is 4.79 Å². The van der Waals surface area contributed by atoms with Crippen molar-refractivity contribution >= 4 is 11.6 Å². The van der Waals surface area contributed by atoms with Crippen molar-refractivity contribution in [2.75, 3.05) is 5.32 Å². The van der Waals surface area contributed by atoms with Gasteiger partial charge in [0, 0.05) is 23.1 Å². The van der Waals surface area contributed by atoms with Gasteiger partial charge in [-0.2, -0.15) is 0 Å². The van der Waals surface area contributed by atoms with Crippen LogP contribution in [-0.4, -0.2) is 10.9 Å². The molecule has 2 rings (SSSR count). The molecule has 0 aliphatic carbocycles. The van der Waals surface area contributed by atoms with Crippen LogP contribution in [0.1, 0.15) is 42.4 Å². The van der Waals surface area contributed by atoms with Gasteiger partial charge in [0.05, 0.1) is 0 Å². The minimum Gasteiger partial charge on any atom is -0.322 e. The predicted octanol–water partition coefficient (Wildman–Crippen LogP) is 3.94. The van der Waals surface area contributed by atoms with Gasteiger partial charge in [0.2, 0.25) is 0 Å². The first-order valence-corrected chi connectivity index (χ1v) is 6.71. The number of rotatable bonds is 2. The number of carbonyl (C=O) groups is 1. The van der Waals surface area contributed by atoms with E-state index in [2.05, 4.69) is 31.1 Å². The quantitative estimate of drug-likeness (QED) is 0.896. The van der Waals surface area contributed by atoms with Gasteiger partial charge in [-0.1, -0.05) is 39.0 Å². The molecule has 0 radical (unpaired) electrons. The van der Waals surface area contributed by atoms with Crippen LogP contribution in [0.25, 0.3) is 0 Å². The lowest BCUT2D eigenvalue weighted by Gasteiger charge is -2.23. The smallest absolute Gasteiger partial charge is 0.255 e. The second-order valence-electron chi connectivity index (χ2n) is 5.94. The molecule has 0 aliphatic heterocycles.